The number of phenolic OH excluding ortho intramolecular Hbond substituents is 1. The second-order valence-corrected chi connectivity index (χ2v) is 9.21. The Bertz CT molecular complexity index is 1330. The highest BCUT2D eigenvalue weighted by atomic mass is 19.1. The Balaban J connectivity index is 1.77. The SMILES string of the molecule is COc1ccc(F)cc1/C(O)=C1\C(=O)C(=O)N(Cc2ccc(OCC(C)C)cc2)C1c1ccc(O)cc1. The van der Waals surface area contributed by atoms with Crippen molar-refractivity contribution in [3.8, 4) is 17.2 Å². The number of ketones is 1. The number of likely N-dealkylation sites (tertiary alicyclic amines) is 1. The fourth-order valence-corrected chi connectivity index (χ4v) is 4.21. The molecular formula is C29H28FNO6. The number of amides is 1. The Morgan fingerprint density at radius 3 is 2.32 bits per heavy atom. The summed E-state index contributed by atoms with van der Waals surface area (Å²) in [7, 11) is 1.36. The highest BCUT2D eigenvalue weighted by molar-refractivity contribution is 6.46. The van der Waals surface area contributed by atoms with Crippen molar-refractivity contribution < 1.29 is 33.7 Å². The number of ether oxygens (including phenoxy) is 2. The molecule has 1 amide bonds. The van der Waals surface area contributed by atoms with Gasteiger partial charge in [-0.15, -0.1) is 0 Å². The number of phenols is 1. The lowest BCUT2D eigenvalue weighted by Crippen LogP contribution is -2.29. The number of aliphatic hydroxyl groups is 1. The van der Waals surface area contributed by atoms with Crippen LogP contribution in [0.4, 0.5) is 4.39 Å². The van der Waals surface area contributed by atoms with Crippen LogP contribution in [0.15, 0.2) is 72.3 Å². The number of benzene rings is 3. The second kappa shape index (κ2) is 10.7. The molecular weight excluding hydrogens is 477 g/mol. The topological polar surface area (TPSA) is 96.3 Å². The van der Waals surface area contributed by atoms with E-state index in [-0.39, 0.29) is 29.2 Å². The van der Waals surface area contributed by atoms with E-state index in [2.05, 4.69) is 0 Å². The van der Waals surface area contributed by atoms with Gasteiger partial charge in [0.15, 0.2) is 0 Å². The molecule has 37 heavy (non-hydrogen) atoms. The van der Waals surface area contributed by atoms with Crippen molar-refractivity contribution in [2.75, 3.05) is 13.7 Å². The summed E-state index contributed by atoms with van der Waals surface area (Å²) in [4.78, 5) is 27.8. The number of aliphatic hydroxyl groups excluding tert-OH is 1. The summed E-state index contributed by atoms with van der Waals surface area (Å²) in [5, 5.41) is 21.0. The van der Waals surface area contributed by atoms with Crippen molar-refractivity contribution >= 4 is 17.4 Å². The molecule has 7 nitrogen and oxygen atoms in total. The molecule has 0 bridgehead atoms. The molecule has 1 aliphatic rings. The van der Waals surface area contributed by atoms with Crippen LogP contribution in [0.25, 0.3) is 5.76 Å². The minimum atomic E-state index is -0.981. The number of hydrogen-bond donors (Lipinski definition) is 2. The normalized spacial score (nSPS) is 16.9. The molecule has 3 aromatic rings. The predicted molar refractivity (Wildman–Crippen MR) is 136 cm³/mol. The van der Waals surface area contributed by atoms with Crippen molar-refractivity contribution in [1.29, 1.82) is 0 Å². The van der Waals surface area contributed by atoms with E-state index in [0.717, 1.165) is 11.6 Å². The molecule has 1 unspecified atom stereocenters. The minimum Gasteiger partial charge on any atom is -0.508 e. The zero-order chi connectivity index (χ0) is 26.7. The van der Waals surface area contributed by atoms with Gasteiger partial charge < -0.3 is 24.6 Å². The van der Waals surface area contributed by atoms with Crippen LogP contribution in [-0.2, 0) is 16.1 Å². The van der Waals surface area contributed by atoms with Crippen LogP contribution in [0, 0.1) is 11.7 Å². The van der Waals surface area contributed by atoms with Gasteiger partial charge in [0.25, 0.3) is 11.7 Å². The molecule has 0 spiro atoms. The number of nitrogens with zero attached hydrogens (tertiary/aromatic N) is 1. The van der Waals surface area contributed by atoms with Crippen molar-refractivity contribution in [2.45, 2.75) is 26.4 Å². The molecule has 0 aromatic heterocycles. The maximum atomic E-state index is 14.1. The Morgan fingerprint density at radius 2 is 1.70 bits per heavy atom. The van der Waals surface area contributed by atoms with Gasteiger partial charge in [0.05, 0.1) is 30.9 Å². The van der Waals surface area contributed by atoms with Gasteiger partial charge in [0.2, 0.25) is 0 Å². The number of Topliss-reactive ketones (excluding diaryl/α,β-unsaturated/α-hetero) is 1. The summed E-state index contributed by atoms with van der Waals surface area (Å²) < 4.78 is 25.0. The first-order valence-electron chi connectivity index (χ1n) is 11.8. The van der Waals surface area contributed by atoms with E-state index in [1.165, 1.54) is 36.3 Å². The maximum Gasteiger partial charge on any atom is 0.295 e. The van der Waals surface area contributed by atoms with Crippen LogP contribution in [0.2, 0.25) is 0 Å². The van der Waals surface area contributed by atoms with Gasteiger partial charge in [-0.05, 0) is 59.5 Å². The molecule has 1 heterocycles. The van der Waals surface area contributed by atoms with E-state index in [9.17, 15) is 24.2 Å². The fraction of sp³-hybridized carbons (Fsp3) is 0.241. The lowest BCUT2D eigenvalue weighted by Gasteiger charge is -2.25. The number of carbonyl (C=O) groups excluding carboxylic acids is 2. The summed E-state index contributed by atoms with van der Waals surface area (Å²) in [6, 6.07) is 15.8. The molecule has 0 radical (unpaired) electrons. The zero-order valence-corrected chi connectivity index (χ0v) is 20.8. The van der Waals surface area contributed by atoms with Gasteiger partial charge in [-0.25, -0.2) is 4.39 Å². The van der Waals surface area contributed by atoms with E-state index in [1.54, 1.807) is 36.4 Å². The first kappa shape index (κ1) is 25.8. The third kappa shape index (κ3) is 5.43. The van der Waals surface area contributed by atoms with E-state index in [1.807, 2.05) is 13.8 Å². The third-order valence-corrected chi connectivity index (χ3v) is 6.03. The Kier molecular flexibility index (Phi) is 7.47. The molecule has 1 saturated heterocycles. The minimum absolute atomic E-state index is 0.00416. The fourth-order valence-electron chi connectivity index (χ4n) is 4.21. The summed E-state index contributed by atoms with van der Waals surface area (Å²) in [5.41, 5.74) is 0.990. The summed E-state index contributed by atoms with van der Waals surface area (Å²) in [5.74, 6) is -1.70. The number of aromatic hydroxyl groups is 1. The van der Waals surface area contributed by atoms with Crippen molar-refractivity contribution in [1.82, 2.24) is 4.90 Å². The standard InChI is InChI=1S/C29H28FNO6/c1-17(2)16-37-22-11-4-18(5-12-22)15-31-26(19-6-9-21(32)10-7-19)25(28(34)29(31)35)27(33)23-14-20(30)8-13-24(23)36-3/h4-14,17,26,32-33H,15-16H2,1-3H3/b27-25+. The molecule has 4 rings (SSSR count). The van der Waals surface area contributed by atoms with Crippen LogP contribution in [0.1, 0.15) is 36.6 Å². The smallest absolute Gasteiger partial charge is 0.295 e. The first-order chi connectivity index (χ1) is 17.7. The van der Waals surface area contributed by atoms with Gasteiger partial charge in [-0.2, -0.15) is 0 Å². The number of carbonyl (C=O) groups is 2. The maximum absolute atomic E-state index is 14.1. The lowest BCUT2D eigenvalue weighted by atomic mass is 9.94. The van der Waals surface area contributed by atoms with Gasteiger partial charge in [0, 0.05) is 6.54 Å². The molecule has 0 aliphatic carbocycles. The zero-order valence-electron chi connectivity index (χ0n) is 20.8. The summed E-state index contributed by atoms with van der Waals surface area (Å²) in [6.07, 6.45) is 0. The van der Waals surface area contributed by atoms with Crippen molar-refractivity contribution in [3.05, 3.63) is 94.8 Å². The number of hydrogen-bond acceptors (Lipinski definition) is 6. The van der Waals surface area contributed by atoms with Crippen LogP contribution in [0.3, 0.4) is 0 Å². The molecule has 3 aromatic carbocycles. The first-order valence-corrected chi connectivity index (χ1v) is 11.8. The largest absolute Gasteiger partial charge is 0.508 e. The second-order valence-electron chi connectivity index (χ2n) is 9.21. The van der Waals surface area contributed by atoms with Crippen LogP contribution >= 0.6 is 0 Å². The van der Waals surface area contributed by atoms with E-state index in [0.29, 0.717) is 23.8 Å². The Morgan fingerprint density at radius 1 is 1.03 bits per heavy atom. The van der Waals surface area contributed by atoms with E-state index >= 15 is 0 Å². The van der Waals surface area contributed by atoms with E-state index < -0.39 is 29.3 Å². The van der Waals surface area contributed by atoms with Crippen molar-refractivity contribution in [2.24, 2.45) is 5.92 Å². The summed E-state index contributed by atoms with van der Waals surface area (Å²) >= 11 is 0. The number of rotatable bonds is 8. The summed E-state index contributed by atoms with van der Waals surface area (Å²) in [6.45, 7) is 4.73. The van der Waals surface area contributed by atoms with Crippen molar-refractivity contribution in [3.63, 3.8) is 0 Å². The highest BCUT2D eigenvalue weighted by Gasteiger charge is 2.46. The lowest BCUT2D eigenvalue weighted by molar-refractivity contribution is -0.140. The third-order valence-electron chi connectivity index (χ3n) is 6.03. The van der Waals surface area contributed by atoms with Crippen LogP contribution < -0.4 is 9.47 Å². The van der Waals surface area contributed by atoms with E-state index in [4.69, 9.17) is 9.47 Å². The van der Waals surface area contributed by atoms with Gasteiger partial charge >= 0.3 is 0 Å². The Labute approximate surface area is 214 Å². The average Bonchev–Trinajstić information content (AvgIpc) is 3.13. The van der Waals surface area contributed by atoms with Crippen LogP contribution in [0.5, 0.6) is 17.2 Å². The molecule has 1 aliphatic heterocycles. The number of methoxy groups -OCH3 is 1. The average molecular weight is 506 g/mol. The molecule has 192 valence electrons. The molecule has 1 fully saturated rings. The molecule has 0 saturated carbocycles. The van der Waals surface area contributed by atoms with Gasteiger partial charge in [0.1, 0.15) is 28.8 Å². The van der Waals surface area contributed by atoms with Gasteiger partial charge in [-0.1, -0.05) is 38.1 Å². The molecule has 2 N–H and O–H groups in total. The number of halogens is 1. The Hall–Kier alpha value is -4.33. The quantitative estimate of drug-likeness (QED) is 0.248. The monoisotopic (exact) mass is 505 g/mol. The van der Waals surface area contributed by atoms with Gasteiger partial charge in [-0.3, -0.25) is 9.59 Å². The predicted octanol–water partition coefficient (Wildman–Crippen LogP) is 5.20. The molecule has 1 atom stereocenters. The molecule has 8 heteroatoms. The highest BCUT2D eigenvalue weighted by Crippen LogP contribution is 2.42. The van der Waals surface area contributed by atoms with Crippen LogP contribution in [-0.4, -0.2) is 40.5 Å².